The Kier molecular flexibility index (Phi) is 6.26. The lowest BCUT2D eigenvalue weighted by Gasteiger charge is -2.42. The van der Waals surface area contributed by atoms with Crippen LogP contribution < -0.4 is 4.90 Å². The number of rotatable bonds is 6. The van der Waals surface area contributed by atoms with Crippen LogP contribution in [0.3, 0.4) is 0 Å². The highest BCUT2D eigenvalue weighted by molar-refractivity contribution is 6.10. The van der Waals surface area contributed by atoms with Crippen molar-refractivity contribution in [2.24, 2.45) is 7.05 Å². The van der Waals surface area contributed by atoms with Crippen molar-refractivity contribution in [2.45, 2.75) is 49.9 Å². The standard InChI is InChI=1S/C28H28F5N5O2/c1-17(37-7-6-27(29,30)13-37)18-8-21-22(23(9-18)28(31,32)33)12-38(25(21)39)20-5-3-4-19(10-20)26(14-40-15-26)11-24-35-34-16-36(24)2/h3-5,8-10,16-17H,6-7,11-15H2,1-2H3/t17-/m0/s1. The number of hydrogen-bond acceptors (Lipinski definition) is 5. The van der Waals surface area contributed by atoms with E-state index < -0.39 is 41.6 Å². The minimum Gasteiger partial charge on any atom is -0.379 e. The molecule has 0 N–H and O–H groups in total. The molecule has 212 valence electrons. The van der Waals surface area contributed by atoms with Gasteiger partial charge in [-0.05, 0) is 47.9 Å². The van der Waals surface area contributed by atoms with Crippen molar-refractivity contribution in [3.05, 3.63) is 76.4 Å². The average Bonchev–Trinajstić information content (AvgIpc) is 3.56. The Labute approximate surface area is 227 Å². The molecule has 4 heterocycles. The molecule has 12 heteroatoms. The van der Waals surface area contributed by atoms with Crippen LogP contribution in [0.1, 0.15) is 57.8 Å². The Morgan fingerprint density at radius 1 is 1.15 bits per heavy atom. The van der Waals surface area contributed by atoms with Gasteiger partial charge >= 0.3 is 6.18 Å². The summed E-state index contributed by atoms with van der Waals surface area (Å²) in [5.74, 6) is -2.67. The maximum absolute atomic E-state index is 14.2. The van der Waals surface area contributed by atoms with Crippen LogP contribution in [0.2, 0.25) is 0 Å². The number of ether oxygens (including phenoxy) is 1. The van der Waals surface area contributed by atoms with Gasteiger partial charge in [0.05, 0.1) is 31.9 Å². The molecule has 0 saturated carbocycles. The van der Waals surface area contributed by atoms with Crippen LogP contribution in [0.15, 0.2) is 42.7 Å². The number of amides is 1. The van der Waals surface area contributed by atoms with Crippen molar-refractivity contribution in [3.63, 3.8) is 0 Å². The fourth-order valence-corrected chi connectivity index (χ4v) is 5.93. The summed E-state index contributed by atoms with van der Waals surface area (Å²) in [6.45, 7) is 1.77. The van der Waals surface area contributed by atoms with Crippen molar-refractivity contribution in [1.82, 2.24) is 19.7 Å². The molecular formula is C28H28F5N5O2. The zero-order valence-corrected chi connectivity index (χ0v) is 22.0. The van der Waals surface area contributed by atoms with Gasteiger partial charge < -0.3 is 14.2 Å². The number of hydrogen-bond donors (Lipinski definition) is 0. The molecule has 0 radical (unpaired) electrons. The second-order valence-corrected chi connectivity index (χ2v) is 11.1. The summed E-state index contributed by atoms with van der Waals surface area (Å²) < 4.78 is 77.8. The quantitative estimate of drug-likeness (QED) is 0.401. The molecule has 0 aliphatic carbocycles. The van der Waals surface area contributed by atoms with Crippen LogP contribution in [-0.2, 0) is 36.3 Å². The Morgan fingerprint density at radius 3 is 2.52 bits per heavy atom. The average molecular weight is 562 g/mol. The van der Waals surface area contributed by atoms with Gasteiger partial charge in [-0.25, -0.2) is 8.78 Å². The van der Waals surface area contributed by atoms with Gasteiger partial charge in [0.25, 0.3) is 11.8 Å². The molecule has 3 aliphatic rings. The Bertz CT molecular complexity index is 1470. The highest BCUT2D eigenvalue weighted by atomic mass is 19.4. The Balaban J connectivity index is 1.33. The van der Waals surface area contributed by atoms with Crippen molar-refractivity contribution < 1.29 is 31.5 Å². The fraction of sp³-hybridized carbons (Fsp3) is 0.464. The molecule has 2 fully saturated rings. The van der Waals surface area contributed by atoms with E-state index in [1.54, 1.807) is 25.4 Å². The van der Waals surface area contributed by atoms with Crippen LogP contribution in [0.4, 0.5) is 27.6 Å². The number of aromatic nitrogens is 3. The largest absolute Gasteiger partial charge is 0.416 e. The molecule has 7 nitrogen and oxygen atoms in total. The predicted molar refractivity (Wildman–Crippen MR) is 135 cm³/mol. The van der Waals surface area contributed by atoms with Gasteiger partial charge in [0.1, 0.15) is 12.2 Å². The monoisotopic (exact) mass is 561 g/mol. The second kappa shape index (κ2) is 9.34. The smallest absolute Gasteiger partial charge is 0.379 e. The highest BCUT2D eigenvalue weighted by Crippen LogP contribution is 2.43. The van der Waals surface area contributed by atoms with Crippen LogP contribution >= 0.6 is 0 Å². The zero-order valence-electron chi connectivity index (χ0n) is 22.0. The summed E-state index contributed by atoms with van der Waals surface area (Å²) >= 11 is 0. The zero-order chi connectivity index (χ0) is 28.4. The molecule has 0 spiro atoms. The normalized spacial score (nSPS) is 21.0. The molecule has 40 heavy (non-hydrogen) atoms. The van der Waals surface area contributed by atoms with Crippen LogP contribution in [-0.4, -0.2) is 57.8 Å². The van der Waals surface area contributed by atoms with Crippen molar-refractivity contribution in [3.8, 4) is 0 Å². The second-order valence-electron chi connectivity index (χ2n) is 11.1. The first-order valence-corrected chi connectivity index (χ1v) is 13.1. The van der Waals surface area contributed by atoms with Crippen LogP contribution in [0.5, 0.6) is 0 Å². The third-order valence-corrected chi connectivity index (χ3v) is 8.43. The minimum atomic E-state index is -4.71. The van der Waals surface area contributed by atoms with Gasteiger partial charge in [-0.1, -0.05) is 12.1 Å². The van der Waals surface area contributed by atoms with E-state index >= 15 is 0 Å². The number of benzene rings is 2. The van der Waals surface area contributed by atoms with E-state index in [0.29, 0.717) is 25.3 Å². The van der Waals surface area contributed by atoms with E-state index in [9.17, 15) is 26.7 Å². The maximum atomic E-state index is 14.2. The van der Waals surface area contributed by atoms with Crippen LogP contribution in [0.25, 0.3) is 0 Å². The summed E-state index contributed by atoms with van der Waals surface area (Å²) in [4.78, 5) is 16.4. The number of aryl methyl sites for hydroxylation is 1. The number of fused-ring (bicyclic) bond motifs is 1. The van der Waals surface area contributed by atoms with E-state index in [2.05, 4.69) is 10.2 Å². The van der Waals surface area contributed by atoms with Crippen LogP contribution in [0, 0.1) is 0 Å². The van der Waals surface area contributed by atoms with Crippen molar-refractivity contribution >= 4 is 11.6 Å². The molecule has 1 amide bonds. The molecule has 3 aromatic rings. The van der Waals surface area contributed by atoms with Crippen molar-refractivity contribution in [1.29, 1.82) is 0 Å². The van der Waals surface area contributed by atoms with Crippen molar-refractivity contribution in [2.75, 3.05) is 31.2 Å². The number of alkyl halides is 5. The number of nitrogens with zero attached hydrogens (tertiary/aromatic N) is 5. The molecule has 0 bridgehead atoms. The Hall–Kier alpha value is -3.38. The summed E-state index contributed by atoms with van der Waals surface area (Å²) in [5.41, 5.74) is 0.107. The molecule has 2 saturated heterocycles. The first kappa shape index (κ1) is 26.8. The summed E-state index contributed by atoms with van der Waals surface area (Å²) in [6, 6.07) is 8.97. The molecule has 2 aromatic carbocycles. The van der Waals surface area contributed by atoms with E-state index in [1.807, 2.05) is 23.7 Å². The van der Waals surface area contributed by atoms with Gasteiger partial charge in [0.15, 0.2) is 0 Å². The first-order valence-electron chi connectivity index (χ1n) is 13.1. The highest BCUT2D eigenvalue weighted by Gasteiger charge is 2.45. The molecular weight excluding hydrogens is 533 g/mol. The SMILES string of the molecule is C[C@@H](c1cc2c(c(C(F)(F)F)c1)CN(c1cccc(C3(Cc4nncn4C)COC3)c1)C2=O)N1CCC(F)(F)C1. The van der Waals surface area contributed by atoms with E-state index in [1.165, 1.54) is 15.9 Å². The predicted octanol–water partition coefficient (Wildman–Crippen LogP) is 4.91. The summed E-state index contributed by atoms with van der Waals surface area (Å²) in [5, 5.41) is 8.12. The fourth-order valence-electron chi connectivity index (χ4n) is 5.93. The number of anilines is 1. The molecule has 6 rings (SSSR count). The Morgan fingerprint density at radius 2 is 1.93 bits per heavy atom. The molecule has 1 aromatic heterocycles. The van der Waals surface area contributed by atoms with Gasteiger partial charge in [0, 0.05) is 49.1 Å². The number of carbonyl (C=O) groups excluding carboxylic acids is 1. The van der Waals surface area contributed by atoms with E-state index in [0.717, 1.165) is 17.5 Å². The third-order valence-electron chi connectivity index (χ3n) is 8.43. The van der Waals surface area contributed by atoms with E-state index in [4.69, 9.17) is 4.74 Å². The number of halogens is 5. The van der Waals surface area contributed by atoms with Gasteiger partial charge in [-0.2, -0.15) is 13.2 Å². The molecule has 3 aliphatic heterocycles. The third kappa shape index (κ3) is 4.56. The summed E-state index contributed by atoms with van der Waals surface area (Å²) in [7, 11) is 1.85. The first-order chi connectivity index (χ1) is 18.9. The summed E-state index contributed by atoms with van der Waals surface area (Å²) in [6.07, 6.45) is -2.89. The topological polar surface area (TPSA) is 63.5 Å². The van der Waals surface area contributed by atoms with Gasteiger partial charge in [0.2, 0.25) is 0 Å². The lowest BCUT2D eigenvalue weighted by Crippen LogP contribution is -2.49. The lowest BCUT2D eigenvalue weighted by molar-refractivity contribution is -0.138. The minimum absolute atomic E-state index is 0.0474. The number of carbonyl (C=O) groups is 1. The lowest BCUT2D eigenvalue weighted by atomic mass is 9.75. The van der Waals surface area contributed by atoms with Gasteiger partial charge in [-0.3, -0.25) is 9.69 Å². The number of likely N-dealkylation sites (tertiary alicyclic amines) is 1. The molecule has 1 atom stereocenters. The molecule has 0 unspecified atom stereocenters. The van der Waals surface area contributed by atoms with Gasteiger partial charge in [-0.15, -0.1) is 10.2 Å². The van der Waals surface area contributed by atoms with E-state index in [-0.39, 0.29) is 36.2 Å². The maximum Gasteiger partial charge on any atom is 0.416 e.